The molecule has 1 aliphatic heterocycles. The van der Waals surface area contributed by atoms with Gasteiger partial charge in [-0.05, 0) is 35.4 Å². The van der Waals surface area contributed by atoms with Gasteiger partial charge in [0.1, 0.15) is 6.33 Å². The first-order valence-electron chi connectivity index (χ1n) is 7.72. The summed E-state index contributed by atoms with van der Waals surface area (Å²) in [4.78, 5) is 25.0. The lowest BCUT2D eigenvalue weighted by Crippen LogP contribution is -2.15. The maximum absolute atomic E-state index is 12.2. The Balaban J connectivity index is 1.78. The maximum atomic E-state index is 12.2. The predicted octanol–water partition coefficient (Wildman–Crippen LogP) is 4.26. The first-order valence-corrected chi connectivity index (χ1v) is 8.09. The molecule has 0 fully saturated rings. The van der Waals surface area contributed by atoms with Gasteiger partial charge in [-0.15, -0.1) is 0 Å². The molecule has 1 amide bonds. The second-order valence-corrected chi connectivity index (χ2v) is 6.09. The van der Waals surface area contributed by atoms with E-state index in [-0.39, 0.29) is 12.3 Å². The zero-order valence-corrected chi connectivity index (χ0v) is 13.9. The highest BCUT2D eigenvalue weighted by Crippen LogP contribution is 2.32. The summed E-state index contributed by atoms with van der Waals surface area (Å²) in [7, 11) is 0. The molecule has 0 spiro atoms. The summed E-state index contributed by atoms with van der Waals surface area (Å²) in [6.07, 6.45) is 5.20. The molecular formula is C19H13ClN4O. The lowest BCUT2D eigenvalue weighted by atomic mass is 10.0. The molecule has 4 rings (SSSR count). The van der Waals surface area contributed by atoms with Gasteiger partial charge in [0.05, 0.1) is 23.5 Å². The molecule has 25 heavy (non-hydrogen) atoms. The second kappa shape index (κ2) is 6.45. The van der Waals surface area contributed by atoms with Crippen molar-refractivity contribution in [2.75, 3.05) is 5.32 Å². The molecule has 1 N–H and O–H groups in total. The number of amides is 1. The Morgan fingerprint density at radius 2 is 1.76 bits per heavy atom. The van der Waals surface area contributed by atoms with Crippen LogP contribution in [0.4, 0.5) is 11.4 Å². The Morgan fingerprint density at radius 3 is 2.60 bits per heavy atom. The van der Waals surface area contributed by atoms with E-state index in [1.165, 1.54) is 6.33 Å². The highest BCUT2D eigenvalue weighted by atomic mass is 35.5. The lowest BCUT2D eigenvalue weighted by molar-refractivity contribution is -0.115. The van der Waals surface area contributed by atoms with Crippen molar-refractivity contribution < 1.29 is 4.79 Å². The number of rotatable bonds is 2. The molecule has 0 bridgehead atoms. The molecule has 3 aromatic rings. The smallest absolute Gasteiger partial charge is 0.230 e. The number of hydrogen-bond acceptors (Lipinski definition) is 4. The van der Waals surface area contributed by atoms with Gasteiger partial charge < -0.3 is 5.32 Å². The van der Waals surface area contributed by atoms with Gasteiger partial charge in [0.2, 0.25) is 5.91 Å². The number of benzene rings is 2. The van der Waals surface area contributed by atoms with Crippen LogP contribution in [0.2, 0.25) is 5.02 Å². The van der Waals surface area contributed by atoms with Gasteiger partial charge in [-0.25, -0.2) is 9.97 Å². The summed E-state index contributed by atoms with van der Waals surface area (Å²) < 4.78 is 0. The molecule has 0 saturated carbocycles. The molecule has 1 aromatic heterocycles. The van der Waals surface area contributed by atoms with Crippen molar-refractivity contribution in [3.05, 3.63) is 71.8 Å². The number of anilines is 1. The van der Waals surface area contributed by atoms with Crippen LogP contribution in [-0.4, -0.2) is 21.6 Å². The summed E-state index contributed by atoms with van der Waals surface area (Å²) in [6.45, 7) is 0. The Bertz CT molecular complexity index is 986. The van der Waals surface area contributed by atoms with Gasteiger partial charge in [-0.2, -0.15) is 0 Å². The van der Waals surface area contributed by atoms with E-state index in [2.05, 4.69) is 20.3 Å². The van der Waals surface area contributed by atoms with Crippen LogP contribution in [0, 0.1) is 0 Å². The van der Waals surface area contributed by atoms with Crippen molar-refractivity contribution in [2.45, 2.75) is 6.42 Å². The monoisotopic (exact) mass is 348 g/mol. The molecule has 1 aliphatic rings. The quantitative estimate of drug-likeness (QED) is 0.752. The first-order chi connectivity index (χ1) is 12.2. The number of fused-ring (bicyclic) bond motifs is 1. The van der Waals surface area contributed by atoms with Crippen LogP contribution in [0.5, 0.6) is 0 Å². The fraction of sp³-hybridized carbons (Fsp3) is 0.0526. The number of nitrogens with one attached hydrogen (secondary N) is 1. The van der Waals surface area contributed by atoms with Gasteiger partial charge in [0, 0.05) is 23.0 Å². The predicted molar refractivity (Wildman–Crippen MR) is 98.4 cm³/mol. The number of halogens is 1. The van der Waals surface area contributed by atoms with Gasteiger partial charge in [-0.1, -0.05) is 29.8 Å². The number of hydrogen-bond donors (Lipinski definition) is 1. The molecule has 0 saturated heterocycles. The summed E-state index contributed by atoms with van der Waals surface area (Å²) in [5, 5.41) is 3.41. The van der Waals surface area contributed by atoms with Crippen LogP contribution >= 0.6 is 11.6 Å². The number of nitrogens with zero attached hydrogens (tertiary/aromatic N) is 3. The average Bonchev–Trinajstić information content (AvgIpc) is 2.80. The minimum atomic E-state index is -0.117. The molecule has 0 radical (unpaired) electrons. The molecule has 2 heterocycles. The lowest BCUT2D eigenvalue weighted by Gasteiger charge is -2.06. The third-order valence-corrected chi connectivity index (χ3v) is 4.14. The zero-order valence-electron chi connectivity index (χ0n) is 13.1. The highest BCUT2D eigenvalue weighted by Gasteiger charge is 2.17. The minimum Gasteiger partial charge on any atom is -0.324 e. The van der Waals surface area contributed by atoms with E-state index in [4.69, 9.17) is 11.6 Å². The van der Waals surface area contributed by atoms with Crippen LogP contribution in [0.15, 0.2) is 66.2 Å². The number of carbonyl (C=O) groups excluding carboxylic acids is 1. The van der Waals surface area contributed by atoms with Crippen molar-refractivity contribution in [2.24, 2.45) is 4.99 Å². The molecule has 6 heteroatoms. The van der Waals surface area contributed by atoms with Crippen molar-refractivity contribution in [1.29, 1.82) is 0 Å². The van der Waals surface area contributed by atoms with Crippen molar-refractivity contribution in [1.82, 2.24) is 9.97 Å². The van der Waals surface area contributed by atoms with E-state index in [1.54, 1.807) is 30.6 Å². The minimum absolute atomic E-state index is 0.117. The Kier molecular flexibility index (Phi) is 3.99. The van der Waals surface area contributed by atoms with Crippen LogP contribution in [0.1, 0.15) is 12.0 Å². The normalized spacial score (nSPS) is 13.5. The molecule has 0 atom stereocenters. The molecule has 0 unspecified atom stereocenters. The SMILES string of the molecule is O=C1CC(c2cccc(-c3cncnc3)c2)=Nc2ccc(Cl)cc2N1. The third-order valence-electron chi connectivity index (χ3n) is 3.91. The molecule has 2 aromatic carbocycles. The highest BCUT2D eigenvalue weighted by molar-refractivity contribution is 6.31. The third kappa shape index (κ3) is 3.27. The average molecular weight is 349 g/mol. The summed E-state index contributed by atoms with van der Waals surface area (Å²) >= 11 is 6.01. The van der Waals surface area contributed by atoms with Gasteiger partial charge in [0.25, 0.3) is 0 Å². The van der Waals surface area contributed by atoms with Gasteiger partial charge >= 0.3 is 0 Å². The van der Waals surface area contributed by atoms with Crippen LogP contribution < -0.4 is 5.32 Å². The maximum Gasteiger partial charge on any atom is 0.230 e. The van der Waals surface area contributed by atoms with E-state index >= 15 is 0 Å². The van der Waals surface area contributed by atoms with Crippen molar-refractivity contribution >= 4 is 34.6 Å². The van der Waals surface area contributed by atoms with Crippen molar-refractivity contribution in [3.8, 4) is 11.1 Å². The molecule has 0 aliphatic carbocycles. The summed E-state index contributed by atoms with van der Waals surface area (Å²) in [5.74, 6) is -0.117. The second-order valence-electron chi connectivity index (χ2n) is 5.65. The Morgan fingerprint density at radius 1 is 0.960 bits per heavy atom. The zero-order chi connectivity index (χ0) is 17.2. The number of aliphatic imine (C=N–C) groups is 1. The fourth-order valence-corrected chi connectivity index (χ4v) is 2.90. The van der Waals surface area contributed by atoms with Gasteiger partial charge in [-0.3, -0.25) is 9.79 Å². The topological polar surface area (TPSA) is 67.2 Å². The Labute approximate surface area is 149 Å². The Hall–Kier alpha value is -3.05. The van der Waals surface area contributed by atoms with Crippen molar-refractivity contribution in [3.63, 3.8) is 0 Å². The van der Waals surface area contributed by atoms with E-state index in [0.717, 1.165) is 16.7 Å². The van der Waals surface area contributed by atoms with E-state index in [0.29, 0.717) is 22.1 Å². The van der Waals surface area contributed by atoms with Crippen LogP contribution in [0.3, 0.4) is 0 Å². The summed E-state index contributed by atoms with van der Waals surface area (Å²) in [5.41, 5.74) is 4.80. The number of carbonyl (C=O) groups is 1. The van der Waals surface area contributed by atoms with E-state index in [9.17, 15) is 4.79 Å². The number of aromatic nitrogens is 2. The fourth-order valence-electron chi connectivity index (χ4n) is 2.73. The molecular weight excluding hydrogens is 336 g/mol. The standard InChI is InChI=1S/C19H13ClN4O/c20-15-4-5-16-18(7-15)24-19(25)8-17(23-16)13-3-1-2-12(6-13)14-9-21-11-22-10-14/h1-7,9-11H,8H2,(H,24,25). The van der Waals surface area contributed by atoms with E-state index < -0.39 is 0 Å². The van der Waals surface area contributed by atoms with Crippen LogP contribution in [0.25, 0.3) is 11.1 Å². The van der Waals surface area contributed by atoms with Crippen LogP contribution in [-0.2, 0) is 4.79 Å². The molecule has 122 valence electrons. The summed E-state index contributed by atoms with van der Waals surface area (Å²) in [6, 6.07) is 13.1. The first kappa shape index (κ1) is 15.5. The van der Waals surface area contributed by atoms with Gasteiger partial charge in [0.15, 0.2) is 0 Å². The molecule has 5 nitrogen and oxygen atoms in total. The largest absolute Gasteiger partial charge is 0.324 e. The van der Waals surface area contributed by atoms with E-state index in [1.807, 2.05) is 24.3 Å².